The summed E-state index contributed by atoms with van der Waals surface area (Å²) in [5, 5.41) is 3.31. The molecule has 4 nitrogen and oxygen atoms in total. The molecule has 1 atom stereocenters. The summed E-state index contributed by atoms with van der Waals surface area (Å²) in [5.41, 5.74) is 0.531. The molecular weight excluding hydrogens is 345 g/mol. The Hall–Kier alpha value is -2.10. The van der Waals surface area contributed by atoms with Gasteiger partial charge in [0, 0.05) is 0 Å². The van der Waals surface area contributed by atoms with E-state index in [-0.39, 0.29) is 20.9 Å². The molecule has 1 amide bonds. The molecule has 0 bridgehead atoms. The van der Waals surface area contributed by atoms with E-state index < -0.39 is 12.0 Å². The van der Waals surface area contributed by atoms with Crippen LogP contribution in [0.4, 0.5) is 0 Å². The van der Waals surface area contributed by atoms with Crippen LogP contribution in [0.2, 0.25) is 5.32 Å². The van der Waals surface area contributed by atoms with E-state index in [1.165, 1.54) is 11.6 Å². The standard InChI is InChI=1S/C17H17NO3Se/c1-21-17(20)15(12-22-14-10-6-3-7-11-14)18-16(19)13-8-4-2-5-9-13/h2-11,15H,12H2,1H3,(H,18,19)/t15-/m0/s1. The second kappa shape index (κ2) is 8.37. The van der Waals surface area contributed by atoms with E-state index in [4.69, 9.17) is 4.74 Å². The molecule has 0 spiro atoms. The number of hydrogen-bond acceptors (Lipinski definition) is 3. The predicted molar refractivity (Wildman–Crippen MR) is 86.3 cm³/mol. The molecule has 0 aliphatic heterocycles. The van der Waals surface area contributed by atoms with Gasteiger partial charge in [-0.25, -0.2) is 0 Å². The van der Waals surface area contributed by atoms with Gasteiger partial charge in [-0.2, -0.15) is 0 Å². The second-order valence-corrected chi connectivity index (χ2v) is 6.83. The number of carbonyl (C=O) groups is 2. The molecule has 22 heavy (non-hydrogen) atoms. The third kappa shape index (κ3) is 4.72. The van der Waals surface area contributed by atoms with Crippen LogP contribution < -0.4 is 9.78 Å². The molecule has 0 heterocycles. The Morgan fingerprint density at radius 3 is 2.23 bits per heavy atom. The number of carbonyl (C=O) groups excluding carboxylic acids is 2. The summed E-state index contributed by atoms with van der Waals surface area (Å²) in [4.78, 5) is 24.0. The molecular formula is C17H17NO3Se. The third-order valence-corrected chi connectivity index (χ3v) is 5.31. The molecule has 0 aliphatic rings. The molecule has 2 aromatic carbocycles. The zero-order valence-corrected chi connectivity index (χ0v) is 13.9. The normalized spacial score (nSPS) is 11.5. The number of nitrogens with one attached hydrogen (secondary N) is 1. The number of amides is 1. The molecule has 0 saturated heterocycles. The molecule has 0 aliphatic carbocycles. The fourth-order valence-corrected chi connectivity index (χ4v) is 3.79. The van der Waals surface area contributed by atoms with Crippen LogP contribution in [0.25, 0.3) is 0 Å². The van der Waals surface area contributed by atoms with Crippen LogP contribution in [0.1, 0.15) is 10.4 Å². The van der Waals surface area contributed by atoms with Crippen LogP contribution in [-0.4, -0.2) is 40.0 Å². The average molecular weight is 362 g/mol. The molecule has 0 aromatic heterocycles. The van der Waals surface area contributed by atoms with Crippen LogP contribution in [0.5, 0.6) is 0 Å². The van der Waals surface area contributed by atoms with Crippen molar-refractivity contribution in [2.45, 2.75) is 11.4 Å². The van der Waals surface area contributed by atoms with E-state index in [1.807, 2.05) is 36.4 Å². The zero-order valence-electron chi connectivity index (χ0n) is 12.2. The van der Waals surface area contributed by atoms with Crippen molar-refractivity contribution >= 4 is 31.3 Å². The van der Waals surface area contributed by atoms with Crippen LogP contribution in [-0.2, 0) is 9.53 Å². The number of benzene rings is 2. The maximum atomic E-state index is 12.2. The van der Waals surface area contributed by atoms with Gasteiger partial charge in [-0.15, -0.1) is 0 Å². The van der Waals surface area contributed by atoms with Gasteiger partial charge in [0.15, 0.2) is 0 Å². The summed E-state index contributed by atoms with van der Waals surface area (Å²) in [6, 6.07) is 18.1. The number of esters is 1. The van der Waals surface area contributed by atoms with E-state index in [0.29, 0.717) is 10.9 Å². The first kappa shape index (κ1) is 16.3. The van der Waals surface area contributed by atoms with Crippen LogP contribution in [0, 0.1) is 0 Å². The van der Waals surface area contributed by atoms with Crippen molar-refractivity contribution in [2.24, 2.45) is 0 Å². The van der Waals surface area contributed by atoms with Gasteiger partial charge in [-0.05, 0) is 0 Å². The monoisotopic (exact) mass is 363 g/mol. The summed E-state index contributed by atoms with van der Waals surface area (Å²) >= 11 is 0.0874. The summed E-state index contributed by atoms with van der Waals surface area (Å²) in [5.74, 6) is -0.679. The SMILES string of the molecule is COC(=O)[C@H](C[Se]c1ccccc1)NC(=O)c1ccccc1. The second-order valence-electron chi connectivity index (χ2n) is 4.54. The first-order valence-electron chi connectivity index (χ1n) is 6.82. The first-order chi connectivity index (χ1) is 10.7. The molecule has 0 fully saturated rings. The van der Waals surface area contributed by atoms with Crippen molar-refractivity contribution in [1.29, 1.82) is 0 Å². The van der Waals surface area contributed by atoms with Crippen LogP contribution in [0.15, 0.2) is 60.7 Å². The van der Waals surface area contributed by atoms with Gasteiger partial charge in [-0.3, -0.25) is 0 Å². The Labute approximate surface area is 136 Å². The Morgan fingerprint density at radius 2 is 1.64 bits per heavy atom. The van der Waals surface area contributed by atoms with Crippen molar-refractivity contribution in [3.63, 3.8) is 0 Å². The third-order valence-electron chi connectivity index (χ3n) is 2.99. The van der Waals surface area contributed by atoms with Crippen molar-refractivity contribution in [3.8, 4) is 0 Å². The van der Waals surface area contributed by atoms with E-state index in [9.17, 15) is 9.59 Å². The molecule has 114 valence electrons. The maximum absolute atomic E-state index is 12.2. The Kier molecular flexibility index (Phi) is 6.19. The molecule has 0 saturated carbocycles. The molecule has 0 radical (unpaired) electrons. The number of ether oxygens (including phenoxy) is 1. The van der Waals surface area contributed by atoms with Gasteiger partial charge in [0.25, 0.3) is 0 Å². The Bertz CT molecular complexity index is 616. The minimum absolute atomic E-state index is 0.0874. The minimum atomic E-state index is -0.627. The van der Waals surface area contributed by atoms with Gasteiger partial charge in [0.05, 0.1) is 0 Å². The van der Waals surface area contributed by atoms with Crippen LogP contribution >= 0.6 is 0 Å². The fourth-order valence-electron chi connectivity index (χ4n) is 1.84. The quantitative estimate of drug-likeness (QED) is 0.625. The van der Waals surface area contributed by atoms with Crippen molar-refractivity contribution < 1.29 is 14.3 Å². The number of rotatable bonds is 6. The van der Waals surface area contributed by atoms with E-state index in [1.54, 1.807) is 24.3 Å². The summed E-state index contributed by atoms with van der Waals surface area (Å²) in [7, 11) is 1.33. The van der Waals surface area contributed by atoms with E-state index in [2.05, 4.69) is 5.32 Å². The Balaban J connectivity index is 2.00. The van der Waals surface area contributed by atoms with Gasteiger partial charge in [0.2, 0.25) is 0 Å². The molecule has 2 aromatic rings. The zero-order chi connectivity index (χ0) is 15.8. The summed E-state index contributed by atoms with van der Waals surface area (Å²) < 4.78 is 5.97. The van der Waals surface area contributed by atoms with Crippen molar-refractivity contribution in [2.75, 3.05) is 7.11 Å². The first-order valence-corrected chi connectivity index (χ1v) is 8.89. The summed E-state index contributed by atoms with van der Waals surface area (Å²) in [6.07, 6.45) is 0. The Morgan fingerprint density at radius 1 is 1.05 bits per heavy atom. The van der Waals surface area contributed by atoms with Gasteiger partial charge in [-0.1, -0.05) is 0 Å². The van der Waals surface area contributed by atoms with E-state index in [0.717, 1.165) is 0 Å². The van der Waals surface area contributed by atoms with Gasteiger partial charge >= 0.3 is 136 Å². The molecule has 1 N–H and O–H groups in total. The van der Waals surface area contributed by atoms with Gasteiger partial charge < -0.3 is 0 Å². The summed E-state index contributed by atoms with van der Waals surface area (Å²) in [6.45, 7) is 0. The molecule has 0 unspecified atom stereocenters. The number of methoxy groups -OCH3 is 1. The molecule has 2 rings (SSSR count). The molecule has 5 heteroatoms. The average Bonchev–Trinajstić information content (AvgIpc) is 2.59. The van der Waals surface area contributed by atoms with E-state index >= 15 is 0 Å². The predicted octanol–water partition coefficient (Wildman–Crippen LogP) is 1.41. The van der Waals surface area contributed by atoms with Crippen molar-refractivity contribution in [1.82, 2.24) is 5.32 Å². The number of hydrogen-bond donors (Lipinski definition) is 1. The fraction of sp³-hybridized carbons (Fsp3) is 0.176. The van der Waals surface area contributed by atoms with Gasteiger partial charge in [0.1, 0.15) is 0 Å². The topological polar surface area (TPSA) is 55.4 Å². The van der Waals surface area contributed by atoms with Crippen LogP contribution in [0.3, 0.4) is 0 Å². The van der Waals surface area contributed by atoms with Crippen molar-refractivity contribution in [3.05, 3.63) is 66.2 Å².